The number of hydrogen-bond donors (Lipinski definition) is 2. The van der Waals surface area contributed by atoms with Gasteiger partial charge in [0.1, 0.15) is 29.8 Å². The van der Waals surface area contributed by atoms with Crippen LogP contribution < -0.4 is 5.32 Å². The van der Waals surface area contributed by atoms with Gasteiger partial charge < -0.3 is 29.7 Å². The molecule has 1 spiro atoms. The highest BCUT2D eigenvalue weighted by Crippen LogP contribution is 2.60. The normalized spacial score (nSPS) is 30.5. The number of halogens is 1. The maximum Gasteiger partial charge on any atom is 0.313 e. The van der Waals surface area contributed by atoms with Crippen LogP contribution in [0.3, 0.4) is 0 Å². The summed E-state index contributed by atoms with van der Waals surface area (Å²) in [7, 11) is 0. The Labute approximate surface area is 289 Å². The predicted molar refractivity (Wildman–Crippen MR) is 181 cm³/mol. The van der Waals surface area contributed by atoms with E-state index in [2.05, 4.69) is 28.2 Å². The van der Waals surface area contributed by atoms with Crippen LogP contribution in [0.5, 0.6) is 0 Å². The minimum absolute atomic E-state index is 0.0519. The molecule has 5 bridgehead atoms. The van der Waals surface area contributed by atoms with Crippen LogP contribution in [0.4, 0.5) is 0 Å². The molecule has 4 heterocycles. The van der Waals surface area contributed by atoms with Crippen LogP contribution in [0, 0.1) is 11.8 Å². The summed E-state index contributed by atoms with van der Waals surface area (Å²) in [6.45, 7) is 2.43. The van der Waals surface area contributed by atoms with Gasteiger partial charge in [0.15, 0.2) is 0 Å². The number of hydrogen-bond acceptors (Lipinski definition) is 7. The first-order chi connectivity index (χ1) is 23.3. The average Bonchev–Trinajstić information content (AvgIpc) is 3.69. The zero-order valence-electron chi connectivity index (χ0n) is 27.0. The predicted octanol–water partition coefficient (Wildman–Crippen LogP) is 4.36. The number of nitrogens with zero attached hydrogens (tertiary/aromatic N) is 2. The van der Waals surface area contributed by atoms with Gasteiger partial charge in [-0.2, -0.15) is 0 Å². The minimum Gasteiger partial charge on any atom is -0.455 e. The molecule has 6 rings (SSSR count). The van der Waals surface area contributed by atoms with Crippen molar-refractivity contribution < 1.29 is 33.8 Å². The second-order valence-electron chi connectivity index (χ2n) is 12.8. The summed E-state index contributed by atoms with van der Waals surface area (Å²) >= 11 is 3.61. The van der Waals surface area contributed by atoms with Crippen molar-refractivity contribution in [2.75, 3.05) is 26.2 Å². The number of rotatable bonds is 8. The van der Waals surface area contributed by atoms with Crippen LogP contribution in [0.15, 0.2) is 83.4 Å². The van der Waals surface area contributed by atoms with E-state index in [4.69, 9.17) is 9.47 Å². The molecule has 0 radical (unpaired) electrons. The number of carbonyl (C=O) groups is 4. The number of aliphatic hydroxyl groups excluding tert-OH is 1. The number of likely N-dealkylation sites (tertiary alicyclic amines) is 1. The number of cyclic esters (lactones) is 1. The average molecular weight is 721 g/mol. The van der Waals surface area contributed by atoms with Crippen molar-refractivity contribution in [2.45, 2.75) is 68.9 Å². The number of esters is 1. The van der Waals surface area contributed by atoms with Gasteiger partial charge in [-0.05, 0) is 30.0 Å². The van der Waals surface area contributed by atoms with Crippen molar-refractivity contribution >= 4 is 39.6 Å². The fraction of sp³-hybridized carbons (Fsp3) is 0.459. The van der Waals surface area contributed by atoms with Crippen LogP contribution in [0.25, 0.3) is 0 Å². The van der Waals surface area contributed by atoms with E-state index in [1.54, 1.807) is 11.0 Å². The molecule has 2 N–H and O–H groups in total. The van der Waals surface area contributed by atoms with E-state index in [9.17, 15) is 24.3 Å². The highest BCUT2D eigenvalue weighted by molar-refractivity contribution is 9.11. The quantitative estimate of drug-likeness (QED) is 0.236. The van der Waals surface area contributed by atoms with Crippen molar-refractivity contribution in [3.63, 3.8) is 0 Å². The van der Waals surface area contributed by atoms with Gasteiger partial charge in [0.05, 0.1) is 25.1 Å². The molecule has 0 aliphatic carbocycles. The first kappa shape index (κ1) is 34.1. The third kappa shape index (κ3) is 6.35. The summed E-state index contributed by atoms with van der Waals surface area (Å²) < 4.78 is 13.4. The molecule has 3 amide bonds. The Bertz CT molecular complexity index is 1570. The Kier molecular flexibility index (Phi) is 10.5. The maximum atomic E-state index is 14.9. The molecular weight excluding hydrogens is 678 g/mol. The number of benzene rings is 2. The number of unbranched alkanes of at least 4 members (excludes halogenated alkanes) is 2. The number of carbonyl (C=O) groups excluding carboxylic acids is 4. The van der Waals surface area contributed by atoms with Crippen LogP contribution in [0.2, 0.25) is 0 Å². The highest BCUT2D eigenvalue weighted by atomic mass is 79.9. The molecule has 48 heavy (non-hydrogen) atoms. The van der Waals surface area contributed by atoms with Crippen molar-refractivity contribution in [3.05, 3.63) is 94.5 Å². The fourth-order valence-corrected chi connectivity index (χ4v) is 8.27. The third-order valence-corrected chi connectivity index (χ3v) is 10.5. The van der Waals surface area contributed by atoms with Gasteiger partial charge in [0.2, 0.25) is 17.7 Å². The molecule has 7 atom stereocenters. The Morgan fingerprint density at radius 3 is 2.44 bits per heavy atom. The zero-order valence-corrected chi connectivity index (χ0v) is 28.6. The number of ether oxygens (including phenoxy) is 2. The molecule has 0 unspecified atom stereocenters. The molecular formula is C37H42BrN3O7. The van der Waals surface area contributed by atoms with Gasteiger partial charge in [-0.1, -0.05) is 109 Å². The van der Waals surface area contributed by atoms with Crippen molar-refractivity contribution in [1.29, 1.82) is 0 Å². The minimum atomic E-state index is -1.47. The van der Waals surface area contributed by atoms with Gasteiger partial charge in [0, 0.05) is 24.0 Å². The second-order valence-corrected chi connectivity index (χ2v) is 13.7. The highest BCUT2D eigenvalue weighted by Gasteiger charge is 2.75. The summed E-state index contributed by atoms with van der Waals surface area (Å²) in [4.78, 5) is 60.0. The first-order valence-electron chi connectivity index (χ1n) is 16.8. The lowest BCUT2D eigenvalue weighted by molar-refractivity contribution is -0.160. The van der Waals surface area contributed by atoms with Crippen LogP contribution >= 0.6 is 15.9 Å². The number of amides is 3. The van der Waals surface area contributed by atoms with Gasteiger partial charge in [0.25, 0.3) is 0 Å². The van der Waals surface area contributed by atoms with E-state index in [0.29, 0.717) is 28.6 Å². The molecule has 0 aromatic heterocycles. The van der Waals surface area contributed by atoms with Crippen molar-refractivity contribution in [3.8, 4) is 0 Å². The van der Waals surface area contributed by atoms with E-state index in [0.717, 1.165) is 19.3 Å². The van der Waals surface area contributed by atoms with E-state index < -0.39 is 60.2 Å². The summed E-state index contributed by atoms with van der Waals surface area (Å²) in [5.41, 5.74) is -0.114. The smallest absolute Gasteiger partial charge is 0.313 e. The largest absolute Gasteiger partial charge is 0.455 e. The molecule has 4 aliphatic heterocycles. The number of nitrogens with one attached hydrogen (secondary N) is 1. The van der Waals surface area contributed by atoms with Gasteiger partial charge in [-0.15, -0.1) is 0 Å². The van der Waals surface area contributed by atoms with Gasteiger partial charge >= 0.3 is 5.97 Å². The molecule has 0 saturated carbocycles. The molecule has 2 fully saturated rings. The lowest BCUT2D eigenvalue weighted by atomic mass is 9.74. The van der Waals surface area contributed by atoms with Crippen molar-refractivity contribution in [1.82, 2.24) is 15.1 Å². The summed E-state index contributed by atoms with van der Waals surface area (Å²) in [5, 5.41) is 13.7. The van der Waals surface area contributed by atoms with Crippen LogP contribution in [0.1, 0.15) is 62.3 Å². The standard InChI is InChI=1S/C37H42BrN3O7/c1-2-3-12-19-40-20-13-6-11-18-29(43)39-22-28(25-16-9-5-10-17-25)47-36(46)30-31-34(44)41(27(23-42)24-14-7-4-8-15-24)33(35(40)45)37(31)21-26(38)32(30)48-37/h4-10,13-17,21,27-28,30-33,42H,2-3,11-12,18-20,22-23H2,1H3,(H,39,43)/b13-6-/t27-,28+,30+,31-,32+,33+,37-/m1/s1. The summed E-state index contributed by atoms with van der Waals surface area (Å²) in [6, 6.07) is 16.3. The molecule has 2 aromatic rings. The molecule has 4 aliphatic rings. The Hall–Kier alpha value is -3.80. The Morgan fingerprint density at radius 1 is 1.00 bits per heavy atom. The lowest BCUT2D eigenvalue weighted by Gasteiger charge is -2.39. The van der Waals surface area contributed by atoms with E-state index in [1.807, 2.05) is 72.8 Å². The number of aliphatic hydroxyl groups is 1. The Morgan fingerprint density at radius 2 is 1.73 bits per heavy atom. The fourth-order valence-electron chi connectivity index (χ4n) is 7.53. The Balaban J connectivity index is 1.46. The molecule has 2 aromatic carbocycles. The SMILES string of the molecule is CCCCCN1C/C=C\CCC(=O)NC[C@@H](c2ccccc2)OC(=O)[C@@H]2[C@H]3O[C@@]4(C=C3Br)[C@H](C1=O)N([C@H](CO)c1ccccc1)C(=O)[C@@H]24. The zero-order chi connectivity index (χ0) is 33.8. The molecule has 2 saturated heterocycles. The molecule has 10 nitrogen and oxygen atoms in total. The topological polar surface area (TPSA) is 125 Å². The number of fused-ring (bicyclic) bond motifs is 2. The van der Waals surface area contributed by atoms with Crippen LogP contribution in [-0.4, -0.2) is 82.6 Å². The van der Waals surface area contributed by atoms with E-state index in [-0.39, 0.29) is 31.3 Å². The second kappa shape index (κ2) is 14.8. The van der Waals surface area contributed by atoms with Crippen LogP contribution in [-0.2, 0) is 28.7 Å². The lowest BCUT2D eigenvalue weighted by Crippen LogP contribution is -2.57. The van der Waals surface area contributed by atoms with Crippen molar-refractivity contribution in [2.24, 2.45) is 11.8 Å². The van der Waals surface area contributed by atoms with Gasteiger partial charge in [-0.3, -0.25) is 19.2 Å². The van der Waals surface area contributed by atoms with E-state index >= 15 is 0 Å². The van der Waals surface area contributed by atoms with E-state index in [1.165, 1.54) is 4.90 Å². The first-order valence-corrected chi connectivity index (χ1v) is 17.6. The summed E-state index contributed by atoms with van der Waals surface area (Å²) in [5.74, 6) is -3.77. The third-order valence-electron chi connectivity index (χ3n) is 9.85. The molecule has 254 valence electrons. The monoisotopic (exact) mass is 719 g/mol. The number of allylic oxidation sites excluding steroid dienone is 1. The molecule has 11 heteroatoms. The maximum absolute atomic E-state index is 14.9. The summed E-state index contributed by atoms with van der Waals surface area (Å²) in [6.07, 6.45) is 7.21. The van der Waals surface area contributed by atoms with Gasteiger partial charge in [-0.25, -0.2) is 0 Å².